The minimum atomic E-state index is 0.582. The highest BCUT2D eigenvalue weighted by atomic mass is 16.5. The number of nitrogens with zero attached hydrogens (tertiary/aromatic N) is 1. The van der Waals surface area contributed by atoms with Crippen LogP contribution in [0, 0.1) is 5.92 Å². The maximum Gasteiger partial charge on any atom is 0.106 e. The number of ether oxygens (including phenoxy) is 1. The number of methoxy groups -OCH3 is 1. The van der Waals surface area contributed by atoms with Crippen LogP contribution in [0.5, 0.6) is 0 Å². The molecule has 0 saturated heterocycles. The summed E-state index contributed by atoms with van der Waals surface area (Å²) in [5, 5.41) is 3.41. The van der Waals surface area contributed by atoms with Crippen molar-refractivity contribution in [2.24, 2.45) is 5.92 Å². The predicted molar refractivity (Wildman–Crippen MR) is 60.8 cm³/mol. The summed E-state index contributed by atoms with van der Waals surface area (Å²) in [7, 11) is 1.74. The van der Waals surface area contributed by atoms with Crippen LogP contribution in [-0.2, 0) is 11.2 Å². The van der Waals surface area contributed by atoms with Gasteiger partial charge in [0.25, 0.3) is 0 Å². The van der Waals surface area contributed by atoms with Gasteiger partial charge in [-0.25, -0.2) is 4.98 Å². The van der Waals surface area contributed by atoms with Gasteiger partial charge in [-0.2, -0.15) is 0 Å². The second kappa shape index (κ2) is 7.43. The molecule has 1 unspecified atom stereocenters. The van der Waals surface area contributed by atoms with Crippen LogP contribution in [0.2, 0.25) is 0 Å². The third-order valence-electron chi connectivity index (χ3n) is 2.27. The van der Waals surface area contributed by atoms with Crippen molar-refractivity contribution in [1.82, 2.24) is 15.3 Å². The van der Waals surface area contributed by atoms with Crippen LogP contribution >= 0.6 is 0 Å². The molecular weight excluding hydrogens is 190 g/mol. The summed E-state index contributed by atoms with van der Waals surface area (Å²) >= 11 is 0. The SMILES string of the molecule is COCC(C)CNCCCc1ncc[nH]1. The Labute approximate surface area is 91.4 Å². The van der Waals surface area contributed by atoms with E-state index in [1.807, 2.05) is 6.20 Å². The molecule has 0 amide bonds. The minimum Gasteiger partial charge on any atom is -0.384 e. The van der Waals surface area contributed by atoms with Gasteiger partial charge in [0.1, 0.15) is 5.82 Å². The van der Waals surface area contributed by atoms with Gasteiger partial charge in [-0.05, 0) is 25.4 Å². The molecule has 0 aliphatic carbocycles. The highest BCUT2D eigenvalue weighted by Crippen LogP contribution is 1.95. The van der Waals surface area contributed by atoms with E-state index in [0.717, 1.165) is 38.4 Å². The fourth-order valence-electron chi connectivity index (χ4n) is 1.51. The third-order valence-corrected chi connectivity index (χ3v) is 2.27. The molecule has 0 aliphatic heterocycles. The Hall–Kier alpha value is -0.870. The van der Waals surface area contributed by atoms with Gasteiger partial charge < -0.3 is 15.0 Å². The van der Waals surface area contributed by atoms with Crippen molar-refractivity contribution in [1.29, 1.82) is 0 Å². The lowest BCUT2D eigenvalue weighted by Crippen LogP contribution is -2.25. The van der Waals surface area contributed by atoms with Crippen LogP contribution < -0.4 is 5.32 Å². The average molecular weight is 211 g/mol. The molecule has 0 bridgehead atoms. The molecule has 15 heavy (non-hydrogen) atoms. The van der Waals surface area contributed by atoms with Gasteiger partial charge in [-0.3, -0.25) is 0 Å². The molecule has 1 atom stereocenters. The Morgan fingerprint density at radius 1 is 1.60 bits per heavy atom. The number of aromatic nitrogens is 2. The van der Waals surface area contributed by atoms with E-state index in [9.17, 15) is 0 Å². The molecule has 0 spiro atoms. The van der Waals surface area contributed by atoms with E-state index in [-0.39, 0.29) is 0 Å². The second-order valence-electron chi connectivity index (χ2n) is 3.90. The number of imidazole rings is 1. The largest absolute Gasteiger partial charge is 0.384 e. The topological polar surface area (TPSA) is 49.9 Å². The van der Waals surface area contributed by atoms with Crippen molar-refractivity contribution >= 4 is 0 Å². The lowest BCUT2D eigenvalue weighted by Gasteiger charge is -2.10. The predicted octanol–water partition coefficient (Wildman–Crippen LogP) is 1.21. The molecule has 1 aromatic rings. The first-order valence-electron chi connectivity index (χ1n) is 5.51. The maximum atomic E-state index is 5.06. The standard InChI is InChI=1S/C11H21N3O/c1-10(9-15-2)8-12-5-3-4-11-13-6-7-14-11/h6-7,10,12H,3-5,8-9H2,1-2H3,(H,13,14). The molecule has 4 heteroatoms. The van der Waals surface area contributed by atoms with Crippen LogP contribution in [-0.4, -0.2) is 36.8 Å². The lowest BCUT2D eigenvalue weighted by molar-refractivity contribution is 0.158. The fourth-order valence-corrected chi connectivity index (χ4v) is 1.51. The first-order valence-corrected chi connectivity index (χ1v) is 5.51. The average Bonchev–Trinajstić information content (AvgIpc) is 2.70. The molecule has 4 nitrogen and oxygen atoms in total. The van der Waals surface area contributed by atoms with Crippen LogP contribution in [0.4, 0.5) is 0 Å². The molecule has 1 rings (SSSR count). The molecule has 0 aliphatic rings. The van der Waals surface area contributed by atoms with Crippen molar-refractivity contribution in [2.75, 3.05) is 26.8 Å². The van der Waals surface area contributed by atoms with Crippen LogP contribution in [0.3, 0.4) is 0 Å². The van der Waals surface area contributed by atoms with Gasteiger partial charge in [-0.1, -0.05) is 6.92 Å². The summed E-state index contributed by atoms with van der Waals surface area (Å²) < 4.78 is 5.06. The fraction of sp³-hybridized carbons (Fsp3) is 0.727. The molecule has 0 saturated carbocycles. The molecule has 1 heterocycles. The summed E-state index contributed by atoms with van der Waals surface area (Å²) in [5.74, 6) is 1.65. The van der Waals surface area contributed by atoms with Gasteiger partial charge in [-0.15, -0.1) is 0 Å². The Bertz CT molecular complexity index is 236. The van der Waals surface area contributed by atoms with Crippen molar-refractivity contribution in [3.8, 4) is 0 Å². The van der Waals surface area contributed by atoms with Crippen LogP contribution in [0.15, 0.2) is 12.4 Å². The van der Waals surface area contributed by atoms with Crippen molar-refractivity contribution in [2.45, 2.75) is 19.8 Å². The van der Waals surface area contributed by atoms with E-state index in [1.165, 1.54) is 0 Å². The summed E-state index contributed by atoms with van der Waals surface area (Å²) in [6, 6.07) is 0. The number of hydrogen-bond donors (Lipinski definition) is 2. The number of H-pyrrole nitrogens is 1. The first kappa shape index (κ1) is 12.2. The Balaban J connectivity index is 1.93. The smallest absolute Gasteiger partial charge is 0.106 e. The molecule has 0 aromatic carbocycles. The molecule has 2 N–H and O–H groups in total. The van der Waals surface area contributed by atoms with Crippen LogP contribution in [0.1, 0.15) is 19.2 Å². The van der Waals surface area contributed by atoms with Gasteiger partial charge in [0.05, 0.1) is 0 Å². The zero-order valence-electron chi connectivity index (χ0n) is 9.62. The minimum absolute atomic E-state index is 0.582. The van der Waals surface area contributed by atoms with Gasteiger partial charge in [0, 0.05) is 32.5 Å². The Morgan fingerprint density at radius 2 is 2.47 bits per heavy atom. The first-order chi connectivity index (χ1) is 7.33. The summed E-state index contributed by atoms with van der Waals surface area (Å²) in [6.07, 6.45) is 5.79. The molecular formula is C11H21N3O. The number of aryl methyl sites for hydroxylation is 1. The van der Waals surface area contributed by atoms with Crippen molar-refractivity contribution in [3.05, 3.63) is 18.2 Å². The summed E-state index contributed by atoms with van der Waals surface area (Å²) in [6.45, 7) is 5.06. The van der Waals surface area contributed by atoms with Crippen molar-refractivity contribution < 1.29 is 4.74 Å². The van der Waals surface area contributed by atoms with Gasteiger partial charge in [0.15, 0.2) is 0 Å². The van der Waals surface area contributed by atoms with E-state index < -0.39 is 0 Å². The normalized spacial score (nSPS) is 12.9. The quantitative estimate of drug-likeness (QED) is 0.636. The van der Waals surface area contributed by atoms with E-state index in [2.05, 4.69) is 22.2 Å². The molecule has 0 radical (unpaired) electrons. The summed E-state index contributed by atoms with van der Waals surface area (Å²) in [5.41, 5.74) is 0. The van der Waals surface area contributed by atoms with E-state index in [1.54, 1.807) is 13.3 Å². The van der Waals surface area contributed by atoms with E-state index in [0.29, 0.717) is 5.92 Å². The van der Waals surface area contributed by atoms with Crippen molar-refractivity contribution in [3.63, 3.8) is 0 Å². The highest BCUT2D eigenvalue weighted by molar-refractivity contribution is 4.86. The van der Waals surface area contributed by atoms with E-state index in [4.69, 9.17) is 4.74 Å². The zero-order valence-corrected chi connectivity index (χ0v) is 9.62. The maximum absolute atomic E-state index is 5.06. The Morgan fingerprint density at radius 3 is 3.13 bits per heavy atom. The Kier molecular flexibility index (Phi) is 6.04. The lowest BCUT2D eigenvalue weighted by atomic mass is 10.2. The monoisotopic (exact) mass is 211 g/mol. The van der Waals surface area contributed by atoms with Gasteiger partial charge >= 0.3 is 0 Å². The van der Waals surface area contributed by atoms with Crippen LogP contribution in [0.25, 0.3) is 0 Å². The number of rotatable bonds is 8. The zero-order chi connectivity index (χ0) is 10.9. The van der Waals surface area contributed by atoms with Gasteiger partial charge in [0.2, 0.25) is 0 Å². The third kappa shape index (κ3) is 5.54. The van der Waals surface area contributed by atoms with E-state index >= 15 is 0 Å². The number of nitrogens with one attached hydrogen (secondary N) is 2. The highest BCUT2D eigenvalue weighted by Gasteiger charge is 2.00. The molecule has 0 fully saturated rings. The summed E-state index contributed by atoms with van der Waals surface area (Å²) in [4.78, 5) is 7.27. The second-order valence-corrected chi connectivity index (χ2v) is 3.90. The molecule has 1 aromatic heterocycles. The number of aromatic amines is 1. The molecule has 86 valence electrons. The number of hydrogen-bond acceptors (Lipinski definition) is 3.